The second kappa shape index (κ2) is 4.74. The normalized spacial score (nSPS) is 29.6. The molecule has 1 heterocycles. The van der Waals surface area contributed by atoms with Crippen molar-refractivity contribution >= 4 is 11.6 Å². The molecule has 1 aliphatic heterocycles. The lowest BCUT2D eigenvalue weighted by atomic mass is 9.91. The molecule has 2 atom stereocenters. The lowest BCUT2D eigenvalue weighted by molar-refractivity contribution is 0.189. The highest BCUT2D eigenvalue weighted by Gasteiger charge is 2.33. The van der Waals surface area contributed by atoms with Crippen LogP contribution in [0.25, 0.3) is 0 Å². The van der Waals surface area contributed by atoms with E-state index in [1.165, 1.54) is 5.56 Å². The van der Waals surface area contributed by atoms with Gasteiger partial charge in [-0.25, -0.2) is 0 Å². The summed E-state index contributed by atoms with van der Waals surface area (Å²) in [6.45, 7) is 3.26. The molecule has 1 saturated heterocycles. The van der Waals surface area contributed by atoms with E-state index in [1.54, 1.807) is 0 Å². The molecule has 0 aromatic heterocycles. The number of aliphatic hydroxyl groups is 1. The van der Waals surface area contributed by atoms with Crippen LogP contribution in [0.2, 0.25) is 5.02 Å². The van der Waals surface area contributed by atoms with Crippen LogP contribution in [0.3, 0.4) is 0 Å². The van der Waals surface area contributed by atoms with Gasteiger partial charge < -0.3 is 10.4 Å². The third-order valence-electron chi connectivity index (χ3n) is 3.32. The first kappa shape index (κ1) is 11.9. The van der Waals surface area contributed by atoms with Crippen molar-refractivity contribution in [2.75, 3.05) is 13.2 Å². The lowest BCUT2D eigenvalue weighted by Crippen LogP contribution is -2.39. The van der Waals surface area contributed by atoms with Crippen molar-refractivity contribution < 1.29 is 5.11 Å². The molecule has 0 radical (unpaired) electrons. The van der Waals surface area contributed by atoms with Crippen molar-refractivity contribution in [3.63, 3.8) is 0 Å². The Morgan fingerprint density at radius 1 is 1.56 bits per heavy atom. The van der Waals surface area contributed by atoms with Crippen molar-refractivity contribution in [3.05, 3.63) is 34.9 Å². The van der Waals surface area contributed by atoms with E-state index in [0.717, 1.165) is 24.4 Å². The molecule has 1 aromatic rings. The van der Waals surface area contributed by atoms with E-state index in [0.29, 0.717) is 5.92 Å². The van der Waals surface area contributed by atoms with Crippen LogP contribution in [0.5, 0.6) is 0 Å². The maximum Gasteiger partial charge on any atom is 0.0610 e. The van der Waals surface area contributed by atoms with Crippen LogP contribution in [-0.4, -0.2) is 23.8 Å². The highest BCUT2D eigenvalue weighted by Crippen LogP contribution is 2.26. The van der Waals surface area contributed by atoms with E-state index >= 15 is 0 Å². The Bertz CT molecular complexity index is 369. The van der Waals surface area contributed by atoms with Gasteiger partial charge in [-0.05, 0) is 49.9 Å². The predicted molar refractivity (Wildman–Crippen MR) is 66.8 cm³/mol. The van der Waals surface area contributed by atoms with E-state index < -0.39 is 0 Å². The standard InChI is InChI=1S/C13H18ClNO/c1-13(9-16)7-11(8-15-13)5-10-3-2-4-12(14)6-10/h2-4,6,11,15-16H,5,7-9H2,1H3. The van der Waals surface area contributed by atoms with E-state index in [-0.39, 0.29) is 12.1 Å². The minimum Gasteiger partial charge on any atom is -0.394 e. The molecule has 2 nitrogen and oxygen atoms in total. The third-order valence-corrected chi connectivity index (χ3v) is 3.55. The maximum absolute atomic E-state index is 9.27. The summed E-state index contributed by atoms with van der Waals surface area (Å²) in [6.07, 6.45) is 2.05. The monoisotopic (exact) mass is 239 g/mol. The summed E-state index contributed by atoms with van der Waals surface area (Å²) in [4.78, 5) is 0. The summed E-state index contributed by atoms with van der Waals surface area (Å²) >= 11 is 5.96. The fraction of sp³-hybridized carbons (Fsp3) is 0.538. The Hall–Kier alpha value is -0.570. The summed E-state index contributed by atoms with van der Waals surface area (Å²) in [5.41, 5.74) is 1.19. The quantitative estimate of drug-likeness (QED) is 0.848. The molecule has 16 heavy (non-hydrogen) atoms. The Labute approximate surface area is 102 Å². The van der Waals surface area contributed by atoms with Crippen LogP contribution < -0.4 is 5.32 Å². The summed E-state index contributed by atoms with van der Waals surface area (Å²) < 4.78 is 0. The number of rotatable bonds is 3. The molecule has 2 unspecified atom stereocenters. The number of nitrogens with one attached hydrogen (secondary N) is 1. The van der Waals surface area contributed by atoms with Crippen molar-refractivity contribution in [2.45, 2.75) is 25.3 Å². The Balaban J connectivity index is 1.97. The van der Waals surface area contributed by atoms with Crippen molar-refractivity contribution in [2.24, 2.45) is 5.92 Å². The molecule has 0 aliphatic carbocycles. The van der Waals surface area contributed by atoms with Gasteiger partial charge in [-0.15, -0.1) is 0 Å². The minimum atomic E-state index is -0.0940. The summed E-state index contributed by atoms with van der Waals surface area (Å²) in [7, 11) is 0. The second-order valence-electron chi connectivity index (χ2n) is 5.00. The number of hydrogen-bond acceptors (Lipinski definition) is 2. The average molecular weight is 240 g/mol. The van der Waals surface area contributed by atoms with Gasteiger partial charge in [-0.2, -0.15) is 0 Å². The maximum atomic E-state index is 9.27. The zero-order chi connectivity index (χ0) is 11.6. The smallest absolute Gasteiger partial charge is 0.0610 e. The number of aliphatic hydroxyl groups excluding tert-OH is 1. The fourth-order valence-corrected chi connectivity index (χ4v) is 2.65. The Kier molecular flexibility index (Phi) is 3.53. The zero-order valence-electron chi connectivity index (χ0n) is 9.54. The molecule has 88 valence electrons. The van der Waals surface area contributed by atoms with Crippen molar-refractivity contribution in [3.8, 4) is 0 Å². The van der Waals surface area contributed by atoms with Gasteiger partial charge in [0.05, 0.1) is 6.61 Å². The predicted octanol–water partition coefficient (Wildman–Crippen LogP) is 2.24. The molecule has 3 heteroatoms. The molecule has 0 saturated carbocycles. The molecule has 0 bridgehead atoms. The topological polar surface area (TPSA) is 32.3 Å². The molecule has 0 spiro atoms. The van der Waals surface area contributed by atoms with Crippen LogP contribution in [0.4, 0.5) is 0 Å². The largest absolute Gasteiger partial charge is 0.394 e. The highest BCUT2D eigenvalue weighted by molar-refractivity contribution is 6.30. The number of benzene rings is 1. The fourth-order valence-electron chi connectivity index (χ4n) is 2.43. The van der Waals surface area contributed by atoms with Gasteiger partial charge in [0, 0.05) is 10.6 Å². The summed E-state index contributed by atoms with van der Waals surface area (Å²) in [5, 5.41) is 13.5. The van der Waals surface area contributed by atoms with E-state index in [9.17, 15) is 5.11 Å². The first-order chi connectivity index (χ1) is 7.61. The lowest BCUT2D eigenvalue weighted by Gasteiger charge is -2.21. The van der Waals surface area contributed by atoms with E-state index in [4.69, 9.17) is 11.6 Å². The first-order valence-corrected chi connectivity index (χ1v) is 6.09. The van der Waals surface area contributed by atoms with Crippen LogP contribution >= 0.6 is 11.6 Å². The van der Waals surface area contributed by atoms with Gasteiger partial charge >= 0.3 is 0 Å². The Morgan fingerprint density at radius 2 is 2.38 bits per heavy atom. The molecular weight excluding hydrogens is 222 g/mol. The van der Waals surface area contributed by atoms with Gasteiger partial charge in [-0.3, -0.25) is 0 Å². The molecule has 2 N–H and O–H groups in total. The zero-order valence-corrected chi connectivity index (χ0v) is 10.3. The SMILES string of the molecule is CC1(CO)CC(Cc2cccc(Cl)c2)CN1. The van der Waals surface area contributed by atoms with Gasteiger partial charge in [0.15, 0.2) is 0 Å². The number of hydrogen-bond donors (Lipinski definition) is 2. The van der Waals surface area contributed by atoms with Gasteiger partial charge in [-0.1, -0.05) is 23.7 Å². The molecule has 1 aliphatic rings. The summed E-state index contributed by atoms with van der Waals surface area (Å²) in [5.74, 6) is 0.593. The molecule has 0 amide bonds. The summed E-state index contributed by atoms with van der Waals surface area (Å²) in [6, 6.07) is 8.03. The Morgan fingerprint density at radius 3 is 3.00 bits per heavy atom. The second-order valence-corrected chi connectivity index (χ2v) is 5.44. The van der Waals surface area contributed by atoms with Gasteiger partial charge in [0.1, 0.15) is 0 Å². The van der Waals surface area contributed by atoms with Crippen molar-refractivity contribution in [1.29, 1.82) is 0 Å². The minimum absolute atomic E-state index is 0.0940. The molecule has 1 aromatic carbocycles. The number of halogens is 1. The van der Waals surface area contributed by atoms with E-state index in [2.05, 4.69) is 18.3 Å². The van der Waals surface area contributed by atoms with E-state index in [1.807, 2.05) is 18.2 Å². The van der Waals surface area contributed by atoms with Crippen LogP contribution in [0, 0.1) is 5.92 Å². The average Bonchev–Trinajstić information content (AvgIpc) is 2.61. The molecule has 2 rings (SSSR count). The van der Waals surface area contributed by atoms with Crippen LogP contribution in [0.1, 0.15) is 18.9 Å². The highest BCUT2D eigenvalue weighted by atomic mass is 35.5. The first-order valence-electron chi connectivity index (χ1n) is 5.72. The molecule has 1 fully saturated rings. The van der Waals surface area contributed by atoms with Gasteiger partial charge in [0.25, 0.3) is 0 Å². The van der Waals surface area contributed by atoms with Crippen LogP contribution in [-0.2, 0) is 6.42 Å². The van der Waals surface area contributed by atoms with Gasteiger partial charge in [0.2, 0.25) is 0 Å². The van der Waals surface area contributed by atoms with Crippen molar-refractivity contribution in [1.82, 2.24) is 5.32 Å². The molecular formula is C13H18ClNO. The van der Waals surface area contributed by atoms with Crippen LogP contribution in [0.15, 0.2) is 24.3 Å². The third kappa shape index (κ3) is 2.76.